The van der Waals surface area contributed by atoms with Crippen LogP contribution in [-0.2, 0) is 0 Å². The first-order valence-electron chi connectivity index (χ1n) is 6.09. The number of benzene rings is 2. The molecule has 0 aliphatic carbocycles. The predicted molar refractivity (Wildman–Crippen MR) is 80.8 cm³/mol. The van der Waals surface area contributed by atoms with Gasteiger partial charge in [-0.25, -0.2) is 4.39 Å². The van der Waals surface area contributed by atoms with Crippen molar-refractivity contribution in [3.63, 3.8) is 0 Å². The molecule has 2 N–H and O–H groups in total. The number of hydrogen-bond donors (Lipinski definition) is 2. The van der Waals surface area contributed by atoms with Gasteiger partial charge in [0.1, 0.15) is 17.3 Å². The van der Waals surface area contributed by atoms with Crippen LogP contribution in [0.25, 0.3) is 0 Å². The van der Waals surface area contributed by atoms with Gasteiger partial charge < -0.3 is 15.2 Å². The lowest BCUT2D eigenvalue weighted by atomic mass is 10.1. The quantitative estimate of drug-likeness (QED) is 0.863. The average molecular weight is 340 g/mol. The molecule has 2 aromatic carbocycles. The van der Waals surface area contributed by atoms with Gasteiger partial charge in [-0.2, -0.15) is 0 Å². The highest BCUT2D eigenvalue weighted by molar-refractivity contribution is 9.10. The molecule has 0 amide bonds. The highest BCUT2D eigenvalue weighted by Crippen LogP contribution is 2.30. The van der Waals surface area contributed by atoms with Crippen LogP contribution in [0.5, 0.6) is 11.5 Å². The molecule has 0 saturated carbocycles. The lowest BCUT2D eigenvalue weighted by Gasteiger charge is -2.17. The van der Waals surface area contributed by atoms with Crippen molar-refractivity contribution in [3.8, 4) is 11.5 Å². The van der Waals surface area contributed by atoms with Crippen LogP contribution in [0, 0.1) is 5.82 Å². The van der Waals surface area contributed by atoms with Gasteiger partial charge in [-0.3, -0.25) is 0 Å². The summed E-state index contributed by atoms with van der Waals surface area (Å²) in [6.45, 7) is 1.85. The van der Waals surface area contributed by atoms with E-state index in [-0.39, 0.29) is 11.8 Å². The number of hydrogen-bond acceptors (Lipinski definition) is 3. The Morgan fingerprint density at radius 1 is 1.25 bits per heavy atom. The molecule has 0 aliphatic heterocycles. The molecule has 0 spiro atoms. The highest BCUT2D eigenvalue weighted by atomic mass is 79.9. The third kappa shape index (κ3) is 3.22. The van der Waals surface area contributed by atoms with Crippen LogP contribution in [-0.4, -0.2) is 12.2 Å². The van der Waals surface area contributed by atoms with Gasteiger partial charge in [0.25, 0.3) is 0 Å². The number of methoxy groups -OCH3 is 1. The SMILES string of the molecule is COc1cc(NC(C)c2ccc(O)cc2F)ccc1Br. The molecule has 0 saturated heterocycles. The summed E-state index contributed by atoms with van der Waals surface area (Å²) in [5, 5.41) is 12.4. The zero-order valence-electron chi connectivity index (χ0n) is 11.2. The van der Waals surface area contributed by atoms with Crippen LogP contribution >= 0.6 is 15.9 Å². The normalized spacial score (nSPS) is 12.0. The third-order valence-electron chi connectivity index (χ3n) is 2.98. The van der Waals surface area contributed by atoms with Gasteiger partial charge >= 0.3 is 0 Å². The van der Waals surface area contributed by atoms with E-state index in [1.54, 1.807) is 13.2 Å². The monoisotopic (exact) mass is 339 g/mol. The molecule has 3 nitrogen and oxygen atoms in total. The minimum Gasteiger partial charge on any atom is -0.508 e. The Morgan fingerprint density at radius 3 is 2.65 bits per heavy atom. The zero-order chi connectivity index (χ0) is 14.7. The number of rotatable bonds is 4. The molecule has 2 rings (SSSR count). The fourth-order valence-corrected chi connectivity index (χ4v) is 2.35. The van der Waals surface area contributed by atoms with E-state index in [4.69, 9.17) is 4.74 Å². The number of phenols is 1. The lowest BCUT2D eigenvalue weighted by molar-refractivity contribution is 0.412. The summed E-state index contributed by atoms with van der Waals surface area (Å²) >= 11 is 3.38. The smallest absolute Gasteiger partial charge is 0.135 e. The van der Waals surface area contributed by atoms with E-state index in [2.05, 4.69) is 21.2 Å². The fraction of sp³-hybridized carbons (Fsp3) is 0.200. The molecule has 0 radical (unpaired) electrons. The lowest BCUT2D eigenvalue weighted by Crippen LogP contribution is -2.08. The molecule has 0 heterocycles. The highest BCUT2D eigenvalue weighted by Gasteiger charge is 2.12. The summed E-state index contributed by atoms with van der Waals surface area (Å²) in [4.78, 5) is 0. The van der Waals surface area contributed by atoms with Crippen molar-refractivity contribution >= 4 is 21.6 Å². The summed E-state index contributed by atoms with van der Waals surface area (Å²) in [5.74, 6) is 0.186. The first-order chi connectivity index (χ1) is 9.51. The van der Waals surface area contributed by atoms with E-state index in [9.17, 15) is 9.50 Å². The van der Waals surface area contributed by atoms with Gasteiger partial charge in [0.2, 0.25) is 0 Å². The second-order valence-corrected chi connectivity index (χ2v) is 5.28. The maximum Gasteiger partial charge on any atom is 0.135 e. The Balaban J connectivity index is 2.21. The third-order valence-corrected chi connectivity index (χ3v) is 3.64. The van der Waals surface area contributed by atoms with Crippen molar-refractivity contribution < 1.29 is 14.2 Å². The van der Waals surface area contributed by atoms with Crippen molar-refractivity contribution in [3.05, 3.63) is 52.3 Å². The Hall–Kier alpha value is -1.75. The van der Waals surface area contributed by atoms with E-state index < -0.39 is 5.82 Å². The van der Waals surface area contributed by atoms with Crippen molar-refractivity contribution in [2.75, 3.05) is 12.4 Å². The number of ether oxygens (including phenoxy) is 1. The molecular formula is C15H15BrFNO2. The molecule has 0 bridgehead atoms. The van der Waals surface area contributed by atoms with Crippen molar-refractivity contribution in [1.82, 2.24) is 0 Å². The van der Waals surface area contributed by atoms with Crippen LogP contribution in [0.1, 0.15) is 18.5 Å². The number of nitrogens with one attached hydrogen (secondary N) is 1. The van der Waals surface area contributed by atoms with Gasteiger partial charge in [-0.15, -0.1) is 0 Å². The first kappa shape index (κ1) is 14.7. The van der Waals surface area contributed by atoms with E-state index in [1.807, 2.05) is 25.1 Å². The van der Waals surface area contributed by atoms with Gasteiger partial charge in [0.15, 0.2) is 0 Å². The average Bonchev–Trinajstić information content (AvgIpc) is 2.40. The molecule has 106 valence electrons. The van der Waals surface area contributed by atoms with Crippen molar-refractivity contribution in [2.45, 2.75) is 13.0 Å². The molecule has 0 aliphatic rings. The van der Waals surface area contributed by atoms with Gasteiger partial charge in [0, 0.05) is 23.4 Å². The topological polar surface area (TPSA) is 41.5 Å². The summed E-state index contributed by atoms with van der Waals surface area (Å²) in [5.41, 5.74) is 1.31. The molecular weight excluding hydrogens is 325 g/mol. The number of phenolic OH excluding ortho intramolecular Hbond substituents is 1. The second-order valence-electron chi connectivity index (χ2n) is 4.42. The molecule has 5 heteroatoms. The van der Waals surface area contributed by atoms with Crippen LogP contribution < -0.4 is 10.1 Å². The minimum absolute atomic E-state index is 0.0799. The van der Waals surface area contributed by atoms with E-state index in [0.717, 1.165) is 16.2 Å². The standard InChI is InChI=1S/C15H15BrFNO2/c1-9(12-5-4-11(19)8-14(12)17)18-10-3-6-13(16)15(7-10)20-2/h3-9,18-19H,1-2H3. The van der Waals surface area contributed by atoms with Crippen molar-refractivity contribution in [1.29, 1.82) is 0 Å². The minimum atomic E-state index is -0.436. The molecule has 0 fully saturated rings. The zero-order valence-corrected chi connectivity index (χ0v) is 12.7. The summed E-state index contributed by atoms with van der Waals surface area (Å²) in [6, 6.07) is 9.48. The first-order valence-corrected chi connectivity index (χ1v) is 6.89. The van der Waals surface area contributed by atoms with Crippen LogP contribution in [0.15, 0.2) is 40.9 Å². The van der Waals surface area contributed by atoms with E-state index >= 15 is 0 Å². The molecule has 2 aromatic rings. The number of anilines is 1. The van der Waals surface area contributed by atoms with E-state index in [1.165, 1.54) is 6.07 Å². The number of aromatic hydroxyl groups is 1. The Bertz CT molecular complexity index is 619. The summed E-state index contributed by atoms with van der Waals surface area (Å²) in [6.07, 6.45) is 0. The molecule has 1 atom stereocenters. The van der Waals surface area contributed by atoms with E-state index in [0.29, 0.717) is 11.3 Å². The predicted octanol–water partition coefficient (Wildman–Crippen LogP) is 4.48. The second kappa shape index (κ2) is 6.13. The maximum atomic E-state index is 13.8. The van der Waals surface area contributed by atoms with Crippen molar-refractivity contribution in [2.24, 2.45) is 0 Å². The summed E-state index contributed by atoms with van der Waals surface area (Å²) < 4.78 is 19.9. The summed E-state index contributed by atoms with van der Waals surface area (Å²) in [7, 11) is 1.59. The number of halogens is 2. The molecule has 0 aromatic heterocycles. The maximum absolute atomic E-state index is 13.8. The Labute approximate surface area is 125 Å². The Morgan fingerprint density at radius 2 is 2.00 bits per heavy atom. The molecule has 1 unspecified atom stereocenters. The van der Waals surface area contributed by atoms with Crippen LogP contribution in [0.3, 0.4) is 0 Å². The largest absolute Gasteiger partial charge is 0.508 e. The van der Waals surface area contributed by atoms with Gasteiger partial charge in [0.05, 0.1) is 17.6 Å². The van der Waals surface area contributed by atoms with Gasteiger partial charge in [-0.05, 0) is 41.1 Å². The fourth-order valence-electron chi connectivity index (χ4n) is 1.94. The van der Waals surface area contributed by atoms with Crippen LogP contribution in [0.2, 0.25) is 0 Å². The molecule has 20 heavy (non-hydrogen) atoms. The Kier molecular flexibility index (Phi) is 4.49. The van der Waals surface area contributed by atoms with Crippen LogP contribution in [0.4, 0.5) is 10.1 Å². The van der Waals surface area contributed by atoms with Gasteiger partial charge in [-0.1, -0.05) is 6.07 Å².